The highest BCUT2D eigenvalue weighted by molar-refractivity contribution is 7.92. The molecule has 1 aromatic heterocycles. The summed E-state index contributed by atoms with van der Waals surface area (Å²) in [5.41, 5.74) is 2.34. The van der Waals surface area contributed by atoms with Gasteiger partial charge in [-0.1, -0.05) is 0 Å². The van der Waals surface area contributed by atoms with Gasteiger partial charge in [0.1, 0.15) is 5.82 Å². The van der Waals surface area contributed by atoms with Crippen LogP contribution in [0, 0.1) is 19.7 Å². The summed E-state index contributed by atoms with van der Waals surface area (Å²) in [6, 6.07) is 5.87. The molecule has 0 radical (unpaired) electrons. The Labute approximate surface area is 146 Å². The number of aromatic nitrogens is 2. The molecule has 2 aromatic rings. The Morgan fingerprint density at radius 2 is 1.88 bits per heavy atom. The lowest BCUT2D eigenvalue weighted by Gasteiger charge is -2.31. The first-order valence-corrected chi connectivity index (χ1v) is 9.75. The highest BCUT2D eigenvalue weighted by Crippen LogP contribution is 2.22. The highest BCUT2D eigenvalue weighted by atomic mass is 32.2. The van der Waals surface area contributed by atoms with E-state index in [2.05, 4.69) is 5.10 Å². The zero-order chi connectivity index (χ0) is 18.4. The number of aryl methyl sites for hydroxylation is 1. The first-order chi connectivity index (χ1) is 11.7. The van der Waals surface area contributed by atoms with Gasteiger partial charge >= 0.3 is 0 Å². The third kappa shape index (κ3) is 3.18. The molecule has 8 heteroatoms. The fourth-order valence-corrected chi connectivity index (χ4v) is 4.37. The van der Waals surface area contributed by atoms with Gasteiger partial charge in [-0.25, -0.2) is 17.5 Å². The van der Waals surface area contributed by atoms with Crippen molar-refractivity contribution < 1.29 is 17.6 Å². The molecule has 0 unspecified atom stereocenters. The van der Waals surface area contributed by atoms with Crippen LogP contribution in [0.25, 0.3) is 5.69 Å². The largest absolute Gasteiger partial charge is 0.336 e. The molecule has 1 atom stereocenters. The van der Waals surface area contributed by atoms with Crippen molar-refractivity contribution in [2.45, 2.75) is 26.0 Å². The van der Waals surface area contributed by atoms with Crippen LogP contribution >= 0.6 is 0 Å². The first-order valence-electron chi connectivity index (χ1n) is 8.03. The van der Waals surface area contributed by atoms with Gasteiger partial charge in [-0.15, -0.1) is 0 Å². The van der Waals surface area contributed by atoms with Gasteiger partial charge in [0.05, 0.1) is 33.6 Å². The maximum Gasteiger partial charge on any atom is 0.257 e. The summed E-state index contributed by atoms with van der Waals surface area (Å²) in [4.78, 5) is 14.5. The monoisotopic (exact) mass is 365 g/mol. The molecule has 0 aliphatic carbocycles. The van der Waals surface area contributed by atoms with Crippen LogP contribution in [0.15, 0.2) is 24.3 Å². The van der Waals surface area contributed by atoms with Gasteiger partial charge < -0.3 is 4.90 Å². The summed E-state index contributed by atoms with van der Waals surface area (Å²) >= 11 is 0. The number of sulfone groups is 1. The summed E-state index contributed by atoms with van der Waals surface area (Å²) in [5, 5.41) is 3.83. The number of hydrogen-bond donors (Lipinski definition) is 0. The second-order valence-corrected chi connectivity index (χ2v) is 8.90. The molecule has 1 aliphatic heterocycles. The second-order valence-electron chi connectivity index (χ2n) is 6.36. The van der Waals surface area contributed by atoms with Gasteiger partial charge in [-0.05, 0) is 45.0 Å². The fourth-order valence-electron chi connectivity index (χ4n) is 3.08. The van der Waals surface area contributed by atoms with Crippen molar-refractivity contribution in [3.05, 3.63) is 47.0 Å². The van der Waals surface area contributed by atoms with E-state index in [9.17, 15) is 17.6 Å². The molecule has 3 rings (SSSR count). The Balaban J connectivity index is 1.93. The fraction of sp³-hybridized carbons (Fsp3) is 0.412. The van der Waals surface area contributed by atoms with Crippen molar-refractivity contribution in [2.24, 2.45) is 0 Å². The summed E-state index contributed by atoms with van der Waals surface area (Å²) in [5.74, 6) is -0.584. The standard InChI is InChI=1S/C17H20FN3O3S/c1-11-10-20(8-9-25(11,23)24)17(22)16-12(2)19-21(13(16)3)15-6-4-14(18)5-7-15/h4-7,11H,8-10H2,1-3H3/t11-/m1/s1. The molecule has 134 valence electrons. The lowest BCUT2D eigenvalue weighted by molar-refractivity contribution is 0.0759. The number of halogens is 1. The summed E-state index contributed by atoms with van der Waals surface area (Å²) < 4.78 is 38.4. The Bertz CT molecular complexity index is 919. The van der Waals surface area contributed by atoms with Crippen molar-refractivity contribution >= 4 is 15.7 Å². The van der Waals surface area contributed by atoms with Gasteiger partial charge in [-0.2, -0.15) is 5.10 Å². The minimum atomic E-state index is -3.12. The van der Waals surface area contributed by atoms with Crippen LogP contribution in [0.5, 0.6) is 0 Å². The molecular formula is C17H20FN3O3S. The molecule has 2 heterocycles. The van der Waals surface area contributed by atoms with Gasteiger partial charge in [0.2, 0.25) is 0 Å². The molecule has 1 saturated heterocycles. The maximum absolute atomic E-state index is 13.1. The zero-order valence-corrected chi connectivity index (χ0v) is 15.2. The van der Waals surface area contributed by atoms with E-state index >= 15 is 0 Å². The minimum absolute atomic E-state index is 0.0237. The van der Waals surface area contributed by atoms with Crippen molar-refractivity contribution in [2.75, 3.05) is 18.8 Å². The molecule has 0 saturated carbocycles. The Kier molecular flexibility index (Phi) is 4.40. The third-order valence-corrected chi connectivity index (χ3v) is 6.73. The topological polar surface area (TPSA) is 72.3 Å². The quantitative estimate of drug-likeness (QED) is 0.815. The van der Waals surface area contributed by atoms with Crippen molar-refractivity contribution in [1.29, 1.82) is 0 Å². The molecule has 0 bridgehead atoms. The summed E-state index contributed by atoms with van der Waals surface area (Å²) in [6.45, 7) is 5.51. The molecule has 1 aliphatic rings. The van der Waals surface area contributed by atoms with Gasteiger partial charge in [0, 0.05) is 13.1 Å². The molecule has 0 N–H and O–H groups in total. The van der Waals surface area contributed by atoms with Crippen LogP contribution in [0.2, 0.25) is 0 Å². The van der Waals surface area contributed by atoms with E-state index in [1.165, 1.54) is 12.1 Å². The van der Waals surface area contributed by atoms with Crippen LogP contribution in [0.3, 0.4) is 0 Å². The van der Waals surface area contributed by atoms with E-state index in [1.54, 1.807) is 42.5 Å². The Morgan fingerprint density at radius 1 is 1.24 bits per heavy atom. The molecule has 1 aromatic carbocycles. The predicted octanol–water partition coefficient (Wildman–Crippen LogP) is 1.89. The number of carbonyl (C=O) groups excluding carboxylic acids is 1. The summed E-state index contributed by atoms with van der Waals surface area (Å²) in [6.07, 6.45) is 0. The minimum Gasteiger partial charge on any atom is -0.336 e. The molecule has 0 spiro atoms. The Hall–Kier alpha value is -2.22. The predicted molar refractivity (Wildman–Crippen MR) is 92.1 cm³/mol. The van der Waals surface area contributed by atoms with Gasteiger partial charge in [0.15, 0.2) is 9.84 Å². The van der Waals surface area contributed by atoms with E-state index in [-0.39, 0.29) is 30.6 Å². The number of amides is 1. The zero-order valence-electron chi connectivity index (χ0n) is 14.4. The van der Waals surface area contributed by atoms with Crippen molar-refractivity contribution in [1.82, 2.24) is 14.7 Å². The number of benzene rings is 1. The van der Waals surface area contributed by atoms with E-state index in [4.69, 9.17) is 0 Å². The molecule has 25 heavy (non-hydrogen) atoms. The Morgan fingerprint density at radius 3 is 2.48 bits per heavy atom. The molecule has 1 amide bonds. The SMILES string of the molecule is Cc1nn(-c2ccc(F)cc2)c(C)c1C(=O)N1CCS(=O)(=O)[C@H](C)C1. The normalized spacial score (nSPS) is 19.8. The van der Waals surface area contributed by atoms with Crippen LogP contribution in [0.1, 0.15) is 28.7 Å². The number of rotatable bonds is 2. The second kappa shape index (κ2) is 6.25. The van der Waals surface area contributed by atoms with Crippen LogP contribution < -0.4 is 0 Å². The van der Waals surface area contributed by atoms with Crippen LogP contribution in [0.4, 0.5) is 4.39 Å². The van der Waals surface area contributed by atoms with Gasteiger partial charge in [-0.3, -0.25) is 4.79 Å². The number of nitrogens with zero attached hydrogens (tertiary/aromatic N) is 3. The van der Waals surface area contributed by atoms with Crippen LogP contribution in [-0.4, -0.2) is 53.1 Å². The average molecular weight is 365 g/mol. The maximum atomic E-state index is 13.1. The summed E-state index contributed by atoms with van der Waals surface area (Å²) in [7, 11) is -3.12. The van der Waals surface area contributed by atoms with Crippen molar-refractivity contribution in [3.63, 3.8) is 0 Å². The van der Waals surface area contributed by atoms with Crippen LogP contribution in [-0.2, 0) is 9.84 Å². The first kappa shape index (κ1) is 17.6. The van der Waals surface area contributed by atoms with E-state index in [0.717, 1.165) is 0 Å². The van der Waals surface area contributed by atoms with E-state index in [1.807, 2.05) is 0 Å². The number of hydrogen-bond acceptors (Lipinski definition) is 4. The average Bonchev–Trinajstić information content (AvgIpc) is 2.85. The van der Waals surface area contributed by atoms with Gasteiger partial charge in [0.25, 0.3) is 5.91 Å². The van der Waals surface area contributed by atoms with E-state index < -0.39 is 15.1 Å². The van der Waals surface area contributed by atoms with E-state index in [0.29, 0.717) is 22.6 Å². The van der Waals surface area contributed by atoms with Crippen molar-refractivity contribution in [3.8, 4) is 5.69 Å². The highest BCUT2D eigenvalue weighted by Gasteiger charge is 2.34. The third-order valence-electron chi connectivity index (χ3n) is 4.60. The molecule has 1 fully saturated rings. The lowest BCUT2D eigenvalue weighted by atomic mass is 10.1. The lowest BCUT2D eigenvalue weighted by Crippen LogP contribution is -2.48. The smallest absolute Gasteiger partial charge is 0.257 e. The molecule has 6 nitrogen and oxygen atoms in total. The molecular weight excluding hydrogens is 345 g/mol. The number of carbonyl (C=O) groups is 1.